The molecule has 1 amide bonds. The molecule has 3 aliphatic rings. The zero-order chi connectivity index (χ0) is 17.4. The molecule has 1 aromatic carbocycles. The lowest BCUT2D eigenvalue weighted by Crippen LogP contribution is -2.49. The fourth-order valence-corrected chi connectivity index (χ4v) is 5.48. The Kier molecular flexibility index (Phi) is 4.73. The number of nitrogens with two attached hydrogens (primary N) is 1. The number of nitrogens with zero attached hydrogens (tertiary/aromatic N) is 1. The van der Waals surface area contributed by atoms with Gasteiger partial charge in [-0.15, -0.1) is 11.8 Å². The average molecular weight is 359 g/mol. The van der Waals surface area contributed by atoms with Gasteiger partial charge in [-0.2, -0.15) is 0 Å². The van der Waals surface area contributed by atoms with Crippen LogP contribution in [0, 0.1) is 5.92 Å². The quantitative estimate of drug-likeness (QED) is 0.799. The predicted molar refractivity (Wildman–Crippen MR) is 100 cm³/mol. The number of hydrogen-bond acceptors (Lipinski definition) is 5. The molecule has 25 heavy (non-hydrogen) atoms. The van der Waals surface area contributed by atoms with Gasteiger partial charge in [0.2, 0.25) is 5.91 Å². The first-order valence-electron chi connectivity index (χ1n) is 9.15. The largest absolute Gasteiger partial charge is 0.399 e. The van der Waals surface area contributed by atoms with Crippen LogP contribution in [0.1, 0.15) is 30.4 Å². The Morgan fingerprint density at radius 3 is 2.76 bits per heavy atom. The molecule has 0 aromatic heterocycles. The molecule has 2 unspecified atom stereocenters. The van der Waals surface area contributed by atoms with E-state index in [4.69, 9.17) is 5.73 Å². The number of thioether (sulfide) groups is 1. The van der Waals surface area contributed by atoms with E-state index in [1.807, 2.05) is 17.0 Å². The minimum absolute atomic E-state index is 0.114. The summed E-state index contributed by atoms with van der Waals surface area (Å²) in [6.07, 6.45) is 4.57. The second-order valence-electron chi connectivity index (χ2n) is 7.42. The van der Waals surface area contributed by atoms with Crippen LogP contribution in [-0.4, -0.2) is 46.8 Å². The zero-order valence-corrected chi connectivity index (χ0v) is 15.2. The minimum Gasteiger partial charge on any atom is -0.399 e. The van der Waals surface area contributed by atoms with Crippen LogP contribution < -0.4 is 11.1 Å². The van der Waals surface area contributed by atoms with Crippen molar-refractivity contribution in [2.24, 2.45) is 5.92 Å². The highest BCUT2D eigenvalue weighted by Gasteiger charge is 2.41. The molecule has 0 spiro atoms. The van der Waals surface area contributed by atoms with E-state index < -0.39 is 0 Å². The highest BCUT2D eigenvalue weighted by atomic mass is 32.2. The number of rotatable bonds is 4. The van der Waals surface area contributed by atoms with Gasteiger partial charge in [0.25, 0.3) is 0 Å². The van der Waals surface area contributed by atoms with Crippen molar-refractivity contribution in [3.8, 4) is 0 Å². The fraction of sp³-hybridized carbons (Fsp3) is 0.579. The van der Waals surface area contributed by atoms with Gasteiger partial charge < -0.3 is 10.6 Å². The molecular formula is C19H25N3O2S. The van der Waals surface area contributed by atoms with Gasteiger partial charge in [-0.1, -0.05) is 6.07 Å². The van der Waals surface area contributed by atoms with Crippen LogP contribution in [0.15, 0.2) is 18.2 Å². The van der Waals surface area contributed by atoms with Crippen LogP contribution in [0.2, 0.25) is 0 Å². The second kappa shape index (κ2) is 7.00. The number of carbonyl (C=O) groups is 2. The molecule has 6 heteroatoms. The van der Waals surface area contributed by atoms with Gasteiger partial charge in [-0.05, 0) is 54.9 Å². The van der Waals surface area contributed by atoms with Crippen LogP contribution in [0.25, 0.3) is 0 Å². The van der Waals surface area contributed by atoms with Crippen LogP contribution in [0.4, 0.5) is 5.69 Å². The zero-order valence-electron chi connectivity index (χ0n) is 14.4. The molecule has 4 rings (SSSR count). The van der Waals surface area contributed by atoms with Gasteiger partial charge in [0, 0.05) is 31.1 Å². The maximum atomic E-state index is 12.9. The van der Waals surface area contributed by atoms with Crippen molar-refractivity contribution in [2.75, 3.05) is 24.7 Å². The van der Waals surface area contributed by atoms with Crippen LogP contribution in [-0.2, 0) is 22.4 Å². The normalized spacial score (nSPS) is 28.3. The van der Waals surface area contributed by atoms with Crippen molar-refractivity contribution in [1.29, 1.82) is 0 Å². The molecule has 2 saturated heterocycles. The van der Waals surface area contributed by atoms with Crippen LogP contribution >= 0.6 is 11.8 Å². The monoisotopic (exact) mass is 359 g/mol. The SMILES string of the molecule is Nc1ccc2c(c1)CC(CC(=O)C1SCN[C@@H]1C(=O)N1CCCC1)C2. The number of ketones is 1. The third-order valence-electron chi connectivity index (χ3n) is 5.61. The Hall–Kier alpha value is -1.53. The second-order valence-corrected chi connectivity index (χ2v) is 8.55. The van der Waals surface area contributed by atoms with E-state index >= 15 is 0 Å². The maximum Gasteiger partial charge on any atom is 0.241 e. The van der Waals surface area contributed by atoms with Gasteiger partial charge >= 0.3 is 0 Å². The van der Waals surface area contributed by atoms with E-state index in [0.717, 1.165) is 44.5 Å². The summed E-state index contributed by atoms with van der Waals surface area (Å²) in [5, 5.41) is 3.01. The lowest BCUT2D eigenvalue weighted by molar-refractivity contribution is -0.134. The maximum absolute atomic E-state index is 12.9. The number of benzene rings is 1. The van der Waals surface area contributed by atoms with Gasteiger partial charge in [0.1, 0.15) is 11.8 Å². The number of fused-ring (bicyclic) bond motifs is 1. The van der Waals surface area contributed by atoms with Crippen molar-refractivity contribution < 1.29 is 9.59 Å². The highest BCUT2D eigenvalue weighted by molar-refractivity contribution is 8.00. The predicted octanol–water partition coefficient (Wildman–Crippen LogP) is 1.60. The van der Waals surface area contributed by atoms with Crippen LogP contribution in [0.3, 0.4) is 0 Å². The minimum atomic E-state index is -0.338. The number of hydrogen-bond donors (Lipinski definition) is 2. The van der Waals surface area contributed by atoms with E-state index in [-0.39, 0.29) is 23.0 Å². The molecule has 3 atom stereocenters. The fourth-order valence-electron chi connectivity index (χ4n) is 4.33. The summed E-state index contributed by atoms with van der Waals surface area (Å²) in [5.41, 5.74) is 9.25. The van der Waals surface area contributed by atoms with E-state index in [2.05, 4.69) is 11.4 Å². The smallest absolute Gasteiger partial charge is 0.241 e. The van der Waals surface area contributed by atoms with Crippen molar-refractivity contribution in [3.63, 3.8) is 0 Å². The number of amides is 1. The molecule has 1 aliphatic carbocycles. The third kappa shape index (κ3) is 3.42. The Morgan fingerprint density at radius 2 is 1.96 bits per heavy atom. The first kappa shape index (κ1) is 16.9. The van der Waals surface area contributed by atoms with Gasteiger partial charge in [-0.25, -0.2) is 0 Å². The third-order valence-corrected chi connectivity index (χ3v) is 6.83. The van der Waals surface area contributed by atoms with Crippen molar-refractivity contribution >= 4 is 29.1 Å². The summed E-state index contributed by atoms with van der Waals surface area (Å²) < 4.78 is 0. The number of nitrogens with one attached hydrogen (secondary N) is 1. The summed E-state index contributed by atoms with van der Waals surface area (Å²) in [4.78, 5) is 27.5. The average Bonchev–Trinajstić information content (AvgIpc) is 3.33. The number of Topliss-reactive ketones (excluding diaryl/α,β-unsaturated/α-hetero) is 1. The standard InChI is InChI=1S/C19H25N3O2S/c20-15-4-3-13-7-12(8-14(13)10-15)9-16(23)18-17(21-11-25-18)19(24)22-5-1-2-6-22/h3-4,10,12,17-18,21H,1-2,5-9,11,20H2/t12?,17-,18?/m0/s1. The molecule has 2 aliphatic heterocycles. The van der Waals surface area contributed by atoms with Crippen molar-refractivity contribution in [3.05, 3.63) is 29.3 Å². The van der Waals surface area contributed by atoms with Crippen LogP contribution in [0.5, 0.6) is 0 Å². The molecule has 0 bridgehead atoms. The van der Waals surface area contributed by atoms with Gasteiger partial charge in [0.15, 0.2) is 0 Å². The summed E-state index contributed by atoms with van der Waals surface area (Å²) in [5.74, 6) is 1.36. The Balaban J connectivity index is 1.38. The molecule has 1 aromatic rings. The Morgan fingerprint density at radius 1 is 1.20 bits per heavy atom. The molecule has 5 nitrogen and oxygen atoms in total. The number of nitrogen functional groups attached to an aromatic ring is 1. The number of carbonyl (C=O) groups excluding carboxylic acids is 2. The molecule has 2 heterocycles. The first-order valence-corrected chi connectivity index (χ1v) is 10.2. The number of likely N-dealkylation sites (tertiary alicyclic amines) is 1. The molecule has 0 saturated carbocycles. The van der Waals surface area contributed by atoms with Crippen molar-refractivity contribution in [2.45, 2.75) is 43.4 Å². The van der Waals surface area contributed by atoms with E-state index in [9.17, 15) is 9.59 Å². The lowest BCUT2D eigenvalue weighted by atomic mass is 9.95. The van der Waals surface area contributed by atoms with Crippen molar-refractivity contribution in [1.82, 2.24) is 10.2 Å². The van der Waals surface area contributed by atoms with Gasteiger partial charge in [-0.3, -0.25) is 14.9 Å². The lowest BCUT2D eigenvalue weighted by Gasteiger charge is -2.24. The van der Waals surface area contributed by atoms with E-state index in [1.165, 1.54) is 11.1 Å². The molecule has 3 N–H and O–H groups in total. The summed E-state index contributed by atoms with van der Waals surface area (Å²) in [6.45, 7) is 1.67. The molecular weight excluding hydrogens is 334 g/mol. The molecule has 2 fully saturated rings. The highest BCUT2D eigenvalue weighted by Crippen LogP contribution is 2.33. The summed E-state index contributed by atoms with van der Waals surface area (Å²) >= 11 is 1.59. The topological polar surface area (TPSA) is 75.4 Å². The first-order chi connectivity index (χ1) is 12.1. The Bertz CT molecular complexity index is 687. The van der Waals surface area contributed by atoms with Gasteiger partial charge in [0.05, 0.1) is 5.25 Å². The summed E-state index contributed by atoms with van der Waals surface area (Å²) in [6, 6.07) is 5.71. The van der Waals surface area contributed by atoms with E-state index in [1.54, 1.807) is 11.8 Å². The Labute approximate surface area is 152 Å². The summed E-state index contributed by atoms with van der Waals surface area (Å²) in [7, 11) is 0. The van der Waals surface area contributed by atoms with E-state index in [0.29, 0.717) is 18.2 Å². The molecule has 0 radical (unpaired) electrons. The molecule has 134 valence electrons. The number of anilines is 1.